The molecule has 1 aromatic rings. The van der Waals surface area contributed by atoms with Gasteiger partial charge in [0.2, 0.25) is 0 Å². The predicted octanol–water partition coefficient (Wildman–Crippen LogP) is 5.09. The molecular weight excluding hydrogens is 281 g/mol. The number of hydrogen-bond acceptors (Lipinski definition) is 2. The third kappa shape index (κ3) is 4.87. The van der Waals surface area contributed by atoms with E-state index in [0.717, 1.165) is 24.9 Å². The number of halogens is 2. The maximum absolute atomic E-state index is 6.36. The molecule has 4 heteroatoms. The van der Waals surface area contributed by atoms with Crippen LogP contribution in [0.3, 0.4) is 0 Å². The molecule has 108 valence electrons. The van der Waals surface area contributed by atoms with E-state index in [4.69, 9.17) is 27.9 Å². The van der Waals surface area contributed by atoms with Crippen LogP contribution in [0.15, 0.2) is 12.1 Å². The van der Waals surface area contributed by atoms with Crippen LogP contribution in [0.1, 0.15) is 45.2 Å². The molecular formula is C15H23Cl2NO. The first-order valence-corrected chi connectivity index (χ1v) is 7.51. The van der Waals surface area contributed by atoms with Crippen molar-refractivity contribution in [2.45, 2.75) is 39.7 Å². The lowest BCUT2D eigenvalue weighted by atomic mass is 9.96. The van der Waals surface area contributed by atoms with Crippen LogP contribution in [0.25, 0.3) is 0 Å². The van der Waals surface area contributed by atoms with Gasteiger partial charge < -0.3 is 10.1 Å². The normalized spacial score (nSPS) is 12.8. The van der Waals surface area contributed by atoms with E-state index in [1.807, 2.05) is 6.07 Å². The second kappa shape index (κ2) is 7.98. The van der Waals surface area contributed by atoms with Crippen molar-refractivity contribution >= 4 is 23.2 Å². The molecule has 0 aliphatic rings. The minimum absolute atomic E-state index is 0.232. The number of rotatable bonds is 7. The molecule has 0 saturated heterocycles. The Balaban J connectivity index is 3.03. The Morgan fingerprint density at radius 1 is 1.21 bits per heavy atom. The van der Waals surface area contributed by atoms with Gasteiger partial charge in [-0.3, -0.25) is 0 Å². The Labute approximate surface area is 126 Å². The zero-order valence-electron chi connectivity index (χ0n) is 12.1. The molecule has 0 aliphatic carbocycles. The molecule has 1 rings (SSSR count). The standard InChI is InChI=1S/C15H23Cl2NO/c1-5-6-18-14(7-10(2)3)11-8-13(17)15(19-4)9-12(11)16/h8-10,14,18H,5-7H2,1-4H3. The highest BCUT2D eigenvalue weighted by molar-refractivity contribution is 6.34. The monoisotopic (exact) mass is 303 g/mol. The van der Waals surface area contributed by atoms with Gasteiger partial charge in [0.25, 0.3) is 0 Å². The Bertz CT molecular complexity index is 407. The van der Waals surface area contributed by atoms with Gasteiger partial charge in [0.15, 0.2) is 0 Å². The number of nitrogens with one attached hydrogen (secondary N) is 1. The molecule has 1 N–H and O–H groups in total. The van der Waals surface area contributed by atoms with Crippen molar-refractivity contribution in [2.24, 2.45) is 5.92 Å². The molecule has 0 bridgehead atoms. The number of hydrogen-bond donors (Lipinski definition) is 1. The summed E-state index contributed by atoms with van der Waals surface area (Å²) in [5.74, 6) is 1.21. The summed E-state index contributed by atoms with van der Waals surface area (Å²) in [6.45, 7) is 7.54. The van der Waals surface area contributed by atoms with Gasteiger partial charge in [-0.1, -0.05) is 44.0 Å². The highest BCUT2D eigenvalue weighted by Gasteiger charge is 2.18. The molecule has 0 aromatic heterocycles. The van der Waals surface area contributed by atoms with Crippen LogP contribution in [-0.2, 0) is 0 Å². The molecule has 0 amide bonds. The summed E-state index contributed by atoms with van der Waals surface area (Å²) in [5.41, 5.74) is 1.05. The highest BCUT2D eigenvalue weighted by Crippen LogP contribution is 2.35. The fourth-order valence-electron chi connectivity index (χ4n) is 2.08. The topological polar surface area (TPSA) is 21.3 Å². The molecule has 19 heavy (non-hydrogen) atoms. The molecule has 0 heterocycles. The summed E-state index contributed by atoms with van der Waals surface area (Å²) in [4.78, 5) is 0. The van der Waals surface area contributed by atoms with Crippen LogP contribution in [0.5, 0.6) is 5.75 Å². The lowest BCUT2D eigenvalue weighted by molar-refractivity contribution is 0.412. The van der Waals surface area contributed by atoms with E-state index >= 15 is 0 Å². The number of ether oxygens (including phenoxy) is 1. The quantitative estimate of drug-likeness (QED) is 0.757. The van der Waals surface area contributed by atoms with E-state index in [0.29, 0.717) is 21.7 Å². The summed E-state index contributed by atoms with van der Waals surface area (Å²) in [5, 5.41) is 4.85. The maximum Gasteiger partial charge on any atom is 0.138 e. The zero-order chi connectivity index (χ0) is 14.4. The van der Waals surface area contributed by atoms with E-state index in [9.17, 15) is 0 Å². The Hall–Kier alpha value is -0.440. The summed E-state index contributed by atoms with van der Waals surface area (Å²) < 4.78 is 5.19. The fraction of sp³-hybridized carbons (Fsp3) is 0.600. The molecule has 0 fully saturated rings. The molecule has 1 unspecified atom stereocenters. The average molecular weight is 304 g/mol. The third-order valence-corrected chi connectivity index (χ3v) is 3.62. The second-order valence-corrected chi connectivity index (χ2v) is 5.96. The van der Waals surface area contributed by atoms with Gasteiger partial charge in [0, 0.05) is 17.1 Å². The van der Waals surface area contributed by atoms with Crippen molar-refractivity contribution in [3.63, 3.8) is 0 Å². The van der Waals surface area contributed by atoms with E-state index in [1.165, 1.54) is 0 Å². The second-order valence-electron chi connectivity index (χ2n) is 5.14. The third-order valence-electron chi connectivity index (χ3n) is 2.99. The molecule has 2 nitrogen and oxygen atoms in total. The molecule has 1 atom stereocenters. The summed E-state index contributed by atoms with van der Waals surface area (Å²) >= 11 is 12.6. The highest BCUT2D eigenvalue weighted by atomic mass is 35.5. The molecule has 0 radical (unpaired) electrons. The van der Waals surface area contributed by atoms with Gasteiger partial charge in [-0.2, -0.15) is 0 Å². The first kappa shape index (κ1) is 16.6. The van der Waals surface area contributed by atoms with Crippen LogP contribution < -0.4 is 10.1 Å². The van der Waals surface area contributed by atoms with Crippen LogP contribution in [0.2, 0.25) is 10.0 Å². The van der Waals surface area contributed by atoms with E-state index < -0.39 is 0 Å². The van der Waals surface area contributed by atoms with E-state index in [-0.39, 0.29) is 6.04 Å². The van der Waals surface area contributed by atoms with Gasteiger partial charge in [-0.05, 0) is 36.9 Å². The first-order valence-electron chi connectivity index (χ1n) is 6.75. The Kier molecular flexibility index (Phi) is 6.98. The predicted molar refractivity (Wildman–Crippen MR) is 83.5 cm³/mol. The Morgan fingerprint density at radius 2 is 1.89 bits per heavy atom. The van der Waals surface area contributed by atoms with Crippen molar-refractivity contribution < 1.29 is 4.74 Å². The van der Waals surface area contributed by atoms with Crippen molar-refractivity contribution in [1.82, 2.24) is 5.32 Å². The zero-order valence-corrected chi connectivity index (χ0v) is 13.6. The fourth-order valence-corrected chi connectivity index (χ4v) is 2.61. The minimum atomic E-state index is 0.232. The smallest absolute Gasteiger partial charge is 0.138 e. The number of benzene rings is 1. The minimum Gasteiger partial charge on any atom is -0.495 e. The summed E-state index contributed by atoms with van der Waals surface area (Å²) in [6, 6.07) is 3.94. The lowest BCUT2D eigenvalue weighted by Gasteiger charge is -2.23. The number of methoxy groups -OCH3 is 1. The lowest BCUT2D eigenvalue weighted by Crippen LogP contribution is -2.24. The van der Waals surface area contributed by atoms with Crippen molar-refractivity contribution in [2.75, 3.05) is 13.7 Å². The van der Waals surface area contributed by atoms with Crippen LogP contribution in [-0.4, -0.2) is 13.7 Å². The maximum atomic E-state index is 6.36. The first-order chi connectivity index (χ1) is 8.99. The van der Waals surface area contributed by atoms with Gasteiger partial charge in [0.1, 0.15) is 5.75 Å². The molecule has 1 aromatic carbocycles. The molecule has 0 saturated carbocycles. The van der Waals surface area contributed by atoms with Gasteiger partial charge in [0.05, 0.1) is 12.1 Å². The molecule has 0 spiro atoms. The summed E-state index contributed by atoms with van der Waals surface area (Å²) in [7, 11) is 1.60. The van der Waals surface area contributed by atoms with Crippen LogP contribution >= 0.6 is 23.2 Å². The van der Waals surface area contributed by atoms with Crippen molar-refractivity contribution in [1.29, 1.82) is 0 Å². The molecule has 0 aliphatic heterocycles. The summed E-state index contributed by atoms with van der Waals surface area (Å²) in [6.07, 6.45) is 2.12. The van der Waals surface area contributed by atoms with E-state index in [1.54, 1.807) is 13.2 Å². The average Bonchev–Trinajstić information content (AvgIpc) is 2.36. The van der Waals surface area contributed by atoms with Gasteiger partial charge >= 0.3 is 0 Å². The van der Waals surface area contributed by atoms with Gasteiger partial charge in [-0.15, -0.1) is 0 Å². The van der Waals surface area contributed by atoms with Crippen LogP contribution in [0.4, 0.5) is 0 Å². The van der Waals surface area contributed by atoms with Crippen LogP contribution in [0, 0.1) is 5.92 Å². The largest absolute Gasteiger partial charge is 0.495 e. The SMILES string of the molecule is CCCNC(CC(C)C)c1cc(Cl)c(OC)cc1Cl. The van der Waals surface area contributed by atoms with Gasteiger partial charge in [-0.25, -0.2) is 0 Å². The van der Waals surface area contributed by atoms with E-state index in [2.05, 4.69) is 26.1 Å². The van der Waals surface area contributed by atoms with Crippen molar-refractivity contribution in [3.05, 3.63) is 27.7 Å². The van der Waals surface area contributed by atoms with Crippen molar-refractivity contribution in [3.8, 4) is 5.75 Å². The Morgan fingerprint density at radius 3 is 2.42 bits per heavy atom.